The predicted molar refractivity (Wildman–Crippen MR) is 135 cm³/mol. The summed E-state index contributed by atoms with van der Waals surface area (Å²) in [6, 6.07) is 43.5. The summed E-state index contributed by atoms with van der Waals surface area (Å²) in [6.07, 6.45) is 0. The Bertz CT molecular complexity index is 1620. The molecule has 0 aliphatic carbocycles. The minimum atomic E-state index is 1.19. The third kappa shape index (κ3) is 2.35. The predicted octanol–water partition coefficient (Wildman–Crippen LogP) is 7.88. The number of nitrogens with zero attached hydrogens (tertiary/aromatic N) is 2. The minimum absolute atomic E-state index is 1.19. The Morgan fingerprint density at radius 1 is 0.312 bits per heavy atom. The van der Waals surface area contributed by atoms with Gasteiger partial charge in [-0.25, -0.2) is 0 Å². The van der Waals surface area contributed by atoms with E-state index < -0.39 is 0 Å². The van der Waals surface area contributed by atoms with Crippen molar-refractivity contribution in [3.8, 4) is 11.4 Å². The summed E-state index contributed by atoms with van der Waals surface area (Å²) < 4.78 is 4.78. The Labute approximate surface area is 185 Å². The summed E-state index contributed by atoms with van der Waals surface area (Å²) in [7, 11) is 0. The first-order valence-electron chi connectivity index (χ1n) is 11.0. The molecule has 0 spiro atoms. The van der Waals surface area contributed by atoms with Crippen molar-refractivity contribution in [3.05, 3.63) is 121 Å². The maximum Gasteiger partial charge on any atom is 0.0548 e. The molecule has 0 aliphatic heterocycles. The van der Waals surface area contributed by atoms with Gasteiger partial charge in [-0.05, 0) is 48.5 Å². The monoisotopic (exact) mass is 408 g/mol. The maximum absolute atomic E-state index is 2.39. The van der Waals surface area contributed by atoms with Crippen molar-refractivity contribution in [1.82, 2.24) is 9.13 Å². The number of benzene rings is 5. The average Bonchev–Trinajstić information content (AvgIpc) is 3.36. The van der Waals surface area contributed by atoms with Gasteiger partial charge in [0, 0.05) is 32.9 Å². The van der Waals surface area contributed by atoms with Crippen LogP contribution in [0.5, 0.6) is 0 Å². The van der Waals surface area contributed by atoms with Crippen molar-refractivity contribution in [2.45, 2.75) is 0 Å². The molecule has 5 aromatic carbocycles. The fraction of sp³-hybridized carbons (Fsp3) is 0. The molecule has 0 saturated carbocycles. The standard InChI is InChI=1S/C30H20N2/c1-3-11-21(12-4-1)31-27-17-9-7-15-23(27)25-20-30-26(19-29(25)31)24-16-8-10-18-28(24)32(30)22-13-5-2-6-14-22/h1-20H. The number of para-hydroxylation sites is 4. The molecule has 0 atom stereocenters. The molecule has 2 heteroatoms. The summed E-state index contributed by atoms with van der Waals surface area (Å²) in [4.78, 5) is 0. The number of aromatic nitrogens is 2. The summed E-state index contributed by atoms with van der Waals surface area (Å²) in [6.45, 7) is 0. The van der Waals surface area contributed by atoms with Crippen LogP contribution in [0.1, 0.15) is 0 Å². The third-order valence-corrected chi connectivity index (χ3v) is 6.49. The van der Waals surface area contributed by atoms with Crippen LogP contribution in [0.25, 0.3) is 55.0 Å². The van der Waals surface area contributed by atoms with Gasteiger partial charge in [-0.2, -0.15) is 0 Å². The molecular weight excluding hydrogens is 388 g/mol. The number of rotatable bonds is 2. The first-order valence-corrected chi connectivity index (χ1v) is 11.0. The van der Waals surface area contributed by atoms with Crippen LogP contribution in [-0.4, -0.2) is 9.13 Å². The first kappa shape index (κ1) is 17.4. The van der Waals surface area contributed by atoms with Crippen LogP contribution in [0.4, 0.5) is 0 Å². The van der Waals surface area contributed by atoms with Crippen molar-refractivity contribution in [3.63, 3.8) is 0 Å². The van der Waals surface area contributed by atoms with E-state index in [1.807, 2.05) is 0 Å². The van der Waals surface area contributed by atoms with Crippen LogP contribution in [0.2, 0.25) is 0 Å². The van der Waals surface area contributed by atoms with Gasteiger partial charge in [0.05, 0.1) is 22.1 Å². The Balaban J connectivity index is 1.71. The first-order chi connectivity index (χ1) is 15.9. The molecule has 0 aliphatic rings. The Morgan fingerprint density at radius 3 is 1.12 bits per heavy atom. The molecule has 7 aromatic rings. The minimum Gasteiger partial charge on any atom is -0.309 e. The molecule has 0 fully saturated rings. The highest BCUT2D eigenvalue weighted by molar-refractivity contribution is 6.18. The maximum atomic E-state index is 2.39. The van der Waals surface area contributed by atoms with Crippen molar-refractivity contribution >= 4 is 43.6 Å². The summed E-state index contributed by atoms with van der Waals surface area (Å²) in [5.74, 6) is 0. The van der Waals surface area contributed by atoms with Crippen LogP contribution in [-0.2, 0) is 0 Å². The zero-order chi connectivity index (χ0) is 21.1. The lowest BCUT2D eigenvalue weighted by Gasteiger charge is -2.09. The molecule has 32 heavy (non-hydrogen) atoms. The van der Waals surface area contributed by atoms with E-state index in [1.165, 1.54) is 55.0 Å². The molecule has 0 N–H and O–H groups in total. The van der Waals surface area contributed by atoms with E-state index in [4.69, 9.17) is 0 Å². The van der Waals surface area contributed by atoms with Crippen LogP contribution >= 0.6 is 0 Å². The van der Waals surface area contributed by atoms with Gasteiger partial charge in [-0.3, -0.25) is 0 Å². The number of hydrogen-bond acceptors (Lipinski definition) is 0. The fourth-order valence-electron chi connectivity index (χ4n) is 5.14. The highest BCUT2D eigenvalue weighted by atomic mass is 15.0. The van der Waals surface area contributed by atoms with Crippen LogP contribution in [0, 0.1) is 0 Å². The van der Waals surface area contributed by atoms with Gasteiger partial charge >= 0.3 is 0 Å². The summed E-state index contributed by atoms with van der Waals surface area (Å²) >= 11 is 0. The summed E-state index contributed by atoms with van der Waals surface area (Å²) in [5, 5.41) is 5.10. The van der Waals surface area contributed by atoms with E-state index in [1.54, 1.807) is 0 Å². The van der Waals surface area contributed by atoms with E-state index in [2.05, 4.69) is 130 Å². The molecular formula is C30H20N2. The molecule has 2 nitrogen and oxygen atoms in total. The molecule has 0 bridgehead atoms. The zero-order valence-electron chi connectivity index (χ0n) is 17.4. The fourth-order valence-corrected chi connectivity index (χ4v) is 5.14. The van der Waals surface area contributed by atoms with Gasteiger partial charge in [0.2, 0.25) is 0 Å². The van der Waals surface area contributed by atoms with Crippen molar-refractivity contribution < 1.29 is 0 Å². The largest absolute Gasteiger partial charge is 0.309 e. The second-order valence-electron chi connectivity index (χ2n) is 8.26. The summed E-state index contributed by atoms with van der Waals surface area (Å²) in [5.41, 5.74) is 7.31. The molecule has 7 rings (SSSR count). The van der Waals surface area contributed by atoms with E-state index in [-0.39, 0.29) is 0 Å². The second-order valence-corrected chi connectivity index (χ2v) is 8.26. The molecule has 2 heterocycles. The van der Waals surface area contributed by atoms with Crippen LogP contribution in [0.15, 0.2) is 121 Å². The molecule has 0 radical (unpaired) electrons. The van der Waals surface area contributed by atoms with Crippen molar-refractivity contribution in [1.29, 1.82) is 0 Å². The molecule has 150 valence electrons. The van der Waals surface area contributed by atoms with Crippen molar-refractivity contribution in [2.75, 3.05) is 0 Å². The quantitative estimate of drug-likeness (QED) is 0.275. The molecule has 0 amide bonds. The lowest BCUT2D eigenvalue weighted by atomic mass is 10.1. The van der Waals surface area contributed by atoms with Gasteiger partial charge in [-0.15, -0.1) is 0 Å². The topological polar surface area (TPSA) is 9.86 Å². The Morgan fingerprint density at radius 2 is 0.688 bits per heavy atom. The third-order valence-electron chi connectivity index (χ3n) is 6.49. The van der Waals surface area contributed by atoms with Crippen LogP contribution < -0.4 is 0 Å². The zero-order valence-corrected chi connectivity index (χ0v) is 17.4. The Hall–Kier alpha value is -4.30. The van der Waals surface area contributed by atoms with Gasteiger partial charge in [0.1, 0.15) is 0 Å². The lowest BCUT2D eigenvalue weighted by Crippen LogP contribution is -1.94. The van der Waals surface area contributed by atoms with Gasteiger partial charge < -0.3 is 9.13 Å². The number of fused-ring (bicyclic) bond motifs is 6. The second kappa shape index (κ2) is 6.60. The highest BCUT2D eigenvalue weighted by Crippen LogP contribution is 2.39. The molecule has 0 saturated heterocycles. The Kier molecular flexibility index (Phi) is 3.58. The van der Waals surface area contributed by atoms with Gasteiger partial charge in [-0.1, -0.05) is 72.8 Å². The van der Waals surface area contributed by atoms with E-state index in [9.17, 15) is 0 Å². The molecule has 2 aromatic heterocycles. The normalized spacial score (nSPS) is 11.8. The van der Waals surface area contributed by atoms with Gasteiger partial charge in [0.25, 0.3) is 0 Å². The average molecular weight is 409 g/mol. The van der Waals surface area contributed by atoms with Crippen LogP contribution in [0.3, 0.4) is 0 Å². The smallest absolute Gasteiger partial charge is 0.0548 e. The van der Waals surface area contributed by atoms with Gasteiger partial charge in [0.15, 0.2) is 0 Å². The van der Waals surface area contributed by atoms with E-state index >= 15 is 0 Å². The molecule has 0 unspecified atom stereocenters. The lowest BCUT2D eigenvalue weighted by molar-refractivity contribution is 1.17. The highest BCUT2D eigenvalue weighted by Gasteiger charge is 2.17. The van der Waals surface area contributed by atoms with E-state index in [0.717, 1.165) is 0 Å². The number of hydrogen-bond donors (Lipinski definition) is 0. The SMILES string of the molecule is c1ccc(-n2c3ccccc3c3cc4c(cc32)c2ccccc2n4-c2ccccc2)cc1. The van der Waals surface area contributed by atoms with Crippen molar-refractivity contribution in [2.24, 2.45) is 0 Å². The van der Waals surface area contributed by atoms with E-state index in [0.29, 0.717) is 0 Å².